The molecule has 1 fully saturated rings. The van der Waals surface area contributed by atoms with Crippen LogP contribution in [-0.2, 0) is 13.0 Å². The number of rotatable bonds is 6. The predicted molar refractivity (Wildman–Crippen MR) is 95.5 cm³/mol. The number of nitrogens with zero attached hydrogens (tertiary/aromatic N) is 3. The summed E-state index contributed by atoms with van der Waals surface area (Å²) < 4.78 is 5.27. The summed E-state index contributed by atoms with van der Waals surface area (Å²) in [6, 6.07) is 11.4. The van der Waals surface area contributed by atoms with Crippen LogP contribution in [0.3, 0.4) is 0 Å². The van der Waals surface area contributed by atoms with Crippen LogP contribution in [0.4, 0.5) is 0 Å². The zero-order chi connectivity index (χ0) is 17.9. The van der Waals surface area contributed by atoms with E-state index in [4.69, 9.17) is 9.63 Å². The van der Waals surface area contributed by atoms with Gasteiger partial charge in [-0.15, -0.1) is 10.2 Å². The maximum absolute atomic E-state index is 12.3. The highest BCUT2D eigenvalue weighted by atomic mass is 32.1. The lowest BCUT2D eigenvalue weighted by atomic mass is 9.78. The van der Waals surface area contributed by atoms with E-state index in [-0.39, 0.29) is 18.6 Å². The highest BCUT2D eigenvalue weighted by molar-refractivity contribution is 7.11. The van der Waals surface area contributed by atoms with E-state index in [0.29, 0.717) is 22.4 Å². The van der Waals surface area contributed by atoms with Gasteiger partial charge in [0.2, 0.25) is 0 Å². The van der Waals surface area contributed by atoms with Gasteiger partial charge in [-0.05, 0) is 18.8 Å². The van der Waals surface area contributed by atoms with Gasteiger partial charge in [0.25, 0.3) is 5.91 Å². The Morgan fingerprint density at radius 3 is 2.73 bits per heavy atom. The van der Waals surface area contributed by atoms with E-state index in [9.17, 15) is 4.79 Å². The molecule has 7 nitrogen and oxygen atoms in total. The standard InChI is InChI=1S/C18H18N4O3S/c23-10-17-21-20-16(26-17)8-11-6-13(7-11)19-18(24)14-9-15(25-22-14)12-4-2-1-3-5-12/h1-5,9,11,13,23H,6-8,10H2,(H,19,24). The molecule has 1 saturated carbocycles. The molecule has 1 aliphatic carbocycles. The molecule has 0 bridgehead atoms. The molecule has 1 aromatic carbocycles. The Morgan fingerprint density at radius 2 is 2.00 bits per heavy atom. The zero-order valence-corrected chi connectivity index (χ0v) is 14.8. The molecule has 2 heterocycles. The molecule has 0 aliphatic heterocycles. The van der Waals surface area contributed by atoms with E-state index in [1.807, 2.05) is 30.3 Å². The van der Waals surface area contributed by atoms with Crippen LogP contribution in [0.5, 0.6) is 0 Å². The number of nitrogens with one attached hydrogen (secondary N) is 1. The molecular weight excluding hydrogens is 352 g/mol. The molecule has 1 amide bonds. The molecule has 0 radical (unpaired) electrons. The van der Waals surface area contributed by atoms with Crippen molar-refractivity contribution in [1.29, 1.82) is 0 Å². The third-order valence-electron chi connectivity index (χ3n) is 4.48. The Kier molecular flexibility index (Phi) is 4.77. The second-order valence-electron chi connectivity index (χ2n) is 6.40. The molecule has 2 aromatic heterocycles. The summed E-state index contributed by atoms with van der Waals surface area (Å²) in [6.45, 7) is -0.0658. The van der Waals surface area contributed by atoms with Crippen molar-refractivity contribution >= 4 is 17.2 Å². The fourth-order valence-corrected chi connectivity index (χ4v) is 3.90. The fraction of sp³-hybridized carbons (Fsp3) is 0.333. The topological polar surface area (TPSA) is 101 Å². The number of amides is 1. The second kappa shape index (κ2) is 7.35. The third-order valence-corrected chi connectivity index (χ3v) is 5.41. The van der Waals surface area contributed by atoms with Gasteiger partial charge >= 0.3 is 0 Å². The number of benzene rings is 1. The smallest absolute Gasteiger partial charge is 0.273 e. The third kappa shape index (κ3) is 3.66. The zero-order valence-electron chi connectivity index (χ0n) is 14.0. The van der Waals surface area contributed by atoms with Gasteiger partial charge in [0, 0.05) is 24.1 Å². The van der Waals surface area contributed by atoms with Gasteiger partial charge in [0.05, 0.1) is 6.61 Å². The lowest BCUT2D eigenvalue weighted by Gasteiger charge is -2.35. The lowest BCUT2D eigenvalue weighted by Crippen LogP contribution is -2.45. The number of hydrogen-bond acceptors (Lipinski definition) is 7. The molecule has 0 spiro atoms. The van der Waals surface area contributed by atoms with Crippen LogP contribution < -0.4 is 5.32 Å². The Morgan fingerprint density at radius 1 is 1.23 bits per heavy atom. The van der Waals surface area contributed by atoms with Crippen LogP contribution in [0.1, 0.15) is 33.3 Å². The molecule has 0 unspecified atom stereocenters. The highest BCUT2D eigenvalue weighted by Gasteiger charge is 2.32. The number of carbonyl (C=O) groups excluding carboxylic acids is 1. The Bertz CT molecular complexity index is 887. The van der Waals surface area contributed by atoms with Gasteiger partial charge < -0.3 is 14.9 Å². The van der Waals surface area contributed by atoms with Crippen LogP contribution in [0.2, 0.25) is 0 Å². The Hall–Kier alpha value is -2.58. The Labute approximate surface area is 154 Å². The van der Waals surface area contributed by atoms with Crippen LogP contribution in [0.25, 0.3) is 11.3 Å². The summed E-state index contributed by atoms with van der Waals surface area (Å²) in [5.41, 5.74) is 1.19. The van der Waals surface area contributed by atoms with E-state index < -0.39 is 0 Å². The first-order chi connectivity index (χ1) is 12.7. The first-order valence-electron chi connectivity index (χ1n) is 8.46. The highest BCUT2D eigenvalue weighted by Crippen LogP contribution is 2.31. The monoisotopic (exact) mass is 370 g/mol. The van der Waals surface area contributed by atoms with Crippen molar-refractivity contribution in [2.24, 2.45) is 5.92 Å². The van der Waals surface area contributed by atoms with Crippen molar-refractivity contribution in [3.05, 3.63) is 52.1 Å². The molecule has 0 saturated heterocycles. The van der Waals surface area contributed by atoms with E-state index in [2.05, 4.69) is 20.7 Å². The number of aromatic nitrogens is 3. The van der Waals surface area contributed by atoms with Crippen molar-refractivity contribution in [2.45, 2.75) is 31.9 Å². The van der Waals surface area contributed by atoms with E-state index >= 15 is 0 Å². The number of aliphatic hydroxyl groups is 1. The molecule has 8 heteroatoms. The number of hydrogen-bond donors (Lipinski definition) is 2. The van der Waals surface area contributed by atoms with Crippen molar-refractivity contribution in [2.75, 3.05) is 0 Å². The van der Waals surface area contributed by atoms with Gasteiger partial charge in [0.15, 0.2) is 11.5 Å². The molecule has 134 valence electrons. The lowest BCUT2D eigenvalue weighted by molar-refractivity contribution is 0.0880. The first kappa shape index (κ1) is 16.9. The summed E-state index contributed by atoms with van der Waals surface area (Å²) in [4.78, 5) is 12.3. The summed E-state index contributed by atoms with van der Waals surface area (Å²) in [5, 5.41) is 25.5. The quantitative estimate of drug-likeness (QED) is 0.691. The average Bonchev–Trinajstić information content (AvgIpc) is 3.30. The van der Waals surface area contributed by atoms with Gasteiger partial charge in [-0.25, -0.2) is 0 Å². The number of carbonyl (C=O) groups is 1. The summed E-state index contributed by atoms with van der Waals surface area (Å²) in [6.07, 6.45) is 2.65. The van der Waals surface area contributed by atoms with Crippen molar-refractivity contribution in [3.63, 3.8) is 0 Å². The number of aliphatic hydroxyl groups excluding tert-OH is 1. The van der Waals surface area contributed by atoms with Gasteiger partial charge in [-0.1, -0.05) is 46.8 Å². The van der Waals surface area contributed by atoms with Gasteiger partial charge in [0.1, 0.15) is 10.0 Å². The molecular formula is C18H18N4O3S. The molecule has 0 atom stereocenters. The SMILES string of the molecule is O=C(NC1CC(Cc2nnc(CO)s2)C1)c1cc(-c2ccccc2)on1. The predicted octanol–water partition coefficient (Wildman–Crippen LogP) is 2.44. The van der Waals surface area contributed by atoms with E-state index in [1.54, 1.807) is 6.07 Å². The first-order valence-corrected chi connectivity index (χ1v) is 9.28. The van der Waals surface area contributed by atoms with E-state index in [0.717, 1.165) is 29.8 Å². The van der Waals surface area contributed by atoms with Gasteiger partial charge in [-0.2, -0.15) is 0 Å². The van der Waals surface area contributed by atoms with E-state index in [1.165, 1.54) is 11.3 Å². The van der Waals surface area contributed by atoms with Crippen molar-refractivity contribution < 1.29 is 14.4 Å². The fourth-order valence-electron chi connectivity index (χ4n) is 3.08. The molecule has 26 heavy (non-hydrogen) atoms. The second-order valence-corrected chi connectivity index (χ2v) is 7.55. The maximum atomic E-state index is 12.3. The molecule has 3 aromatic rings. The van der Waals surface area contributed by atoms with Crippen molar-refractivity contribution in [3.8, 4) is 11.3 Å². The average molecular weight is 370 g/mol. The normalized spacial score (nSPS) is 19.1. The largest absolute Gasteiger partial charge is 0.389 e. The molecule has 4 rings (SSSR count). The Balaban J connectivity index is 1.28. The van der Waals surface area contributed by atoms with Crippen LogP contribution >= 0.6 is 11.3 Å². The minimum Gasteiger partial charge on any atom is -0.389 e. The maximum Gasteiger partial charge on any atom is 0.273 e. The summed E-state index contributed by atoms with van der Waals surface area (Å²) in [7, 11) is 0. The summed E-state index contributed by atoms with van der Waals surface area (Å²) >= 11 is 1.44. The summed E-state index contributed by atoms with van der Waals surface area (Å²) in [5.74, 6) is 0.855. The van der Waals surface area contributed by atoms with Crippen LogP contribution in [0.15, 0.2) is 40.9 Å². The minimum atomic E-state index is -0.210. The van der Waals surface area contributed by atoms with Gasteiger partial charge in [-0.3, -0.25) is 4.79 Å². The molecule has 2 N–H and O–H groups in total. The van der Waals surface area contributed by atoms with Crippen LogP contribution in [0, 0.1) is 5.92 Å². The van der Waals surface area contributed by atoms with Crippen LogP contribution in [-0.4, -0.2) is 32.4 Å². The minimum absolute atomic E-state index is 0.0658. The molecule has 1 aliphatic rings. The van der Waals surface area contributed by atoms with Crippen molar-refractivity contribution in [1.82, 2.24) is 20.7 Å².